The number of ether oxygens (including phenoxy) is 3. The number of unbranched alkanes of at least 4 members (excludes halogenated alkanes) is 1. The highest BCUT2D eigenvalue weighted by Gasteiger charge is 2.32. The number of halogens is 2. The van der Waals surface area contributed by atoms with Gasteiger partial charge in [-0.05, 0) is 36.8 Å². The Balaban J connectivity index is 2.04. The van der Waals surface area contributed by atoms with Crippen molar-refractivity contribution in [2.75, 3.05) is 18.5 Å². The van der Waals surface area contributed by atoms with Crippen LogP contribution in [0.4, 0.5) is 9.52 Å². The summed E-state index contributed by atoms with van der Waals surface area (Å²) in [6.45, 7) is 5.51. The van der Waals surface area contributed by atoms with Gasteiger partial charge in [0.1, 0.15) is 33.7 Å². The highest BCUT2D eigenvalue weighted by Crippen LogP contribution is 2.36. The predicted molar refractivity (Wildman–Crippen MR) is 140 cm³/mol. The van der Waals surface area contributed by atoms with Crippen LogP contribution in [0.5, 0.6) is 17.2 Å². The summed E-state index contributed by atoms with van der Waals surface area (Å²) in [6, 6.07) is 6.97. The lowest BCUT2D eigenvalue weighted by Crippen LogP contribution is -2.31. The van der Waals surface area contributed by atoms with E-state index in [4.69, 9.17) is 25.8 Å². The van der Waals surface area contributed by atoms with Gasteiger partial charge in [-0.25, -0.2) is 22.1 Å². The molecule has 0 atom stereocenters. The minimum absolute atomic E-state index is 0.0204. The van der Waals surface area contributed by atoms with E-state index in [1.807, 2.05) is 6.92 Å². The molecule has 7 nitrogen and oxygen atoms in total. The van der Waals surface area contributed by atoms with Crippen molar-refractivity contribution in [3.8, 4) is 17.2 Å². The Morgan fingerprint density at radius 3 is 2.61 bits per heavy atom. The van der Waals surface area contributed by atoms with Gasteiger partial charge in [0.05, 0.1) is 25.8 Å². The molecule has 11 heteroatoms. The molecule has 0 aliphatic carbocycles. The number of sulfonamides is 1. The molecular formula is C25H26ClFN2O5S2. The van der Waals surface area contributed by atoms with E-state index in [0.29, 0.717) is 22.8 Å². The Bertz CT molecular complexity index is 1340. The van der Waals surface area contributed by atoms with E-state index >= 15 is 4.39 Å². The summed E-state index contributed by atoms with van der Waals surface area (Å²) in [5.74, 6) is 0.304. The van der Waals surface area contributed by atoms with Gasteiger partial charge in [0.15, 0.2) is 5.13 Å². The van der Waals surface area contributed by atoms with Crippen LogP contribution < -0.4 is 18.5 Å². The van der Waals surface area contributed by atoms with E-state index < -0.39 is 20.7 Å². The first-order valence-corrected chi connectivity index (χ1v) is 13.6. The lowest BCUT2D eigenvalue weighted by molar-refractivity contribution is 0.391. The van der Waals surface area contributed by atoms with Crippen LogP contribution in [0.3, 0.4) is 0 Å². The number of benzene rings is 2. The number of anilines is 1. The van der Waals surface area contributed by atoms with Crippen molar-refractivity contribution in [3.05, 3.63) is 82.8 Å². The molecule has 0 saturated heterocycles. The van der Waals surface area contributed by atoms with Crippen molar-refractivity contribution >= 4 is 38.1 Å². The maximum atomic E-state index is 15.3. The Labute approximate surface area is 219 Å². The molecular weight excluding hydrogens is 527 g/mol. The molecule has 3 aromatic rings. The van der Waals surface area contributed by atoms with Gasteiger partial charge >= 0.3 is 0 Å². The van der Waals surface area contributed by atoms with Crippen LogP contribution >= 0.6 is 22.9 Å². The average molecular weight is 553 g/mol. The molecule has 0 aliphatic heterocycles. The molecule has 2 aromatic carbocycles. The summed E-state index contributed by atoms with van der Waals surface area (Å²) in [4.78, 5) is 3.53. The third-order valence-electron chi connectivity index (χ3n) is 5.06. The van der Waals surface area contributed by atoms with Gasteiger partial charge in [0.2, 0.25) is 0 Å². The van der Waals surface area contributed by atoms with Crippen LogP contribution in [0.1, 0.15) is 25.3 Å². The zero-order chi connectivity index (χ0) is 26.3. The number of hydrogen-bond donors (Lipinski definition) is 0. The van der Waals surface area contributed by atoms with Crippen molar-refractivity contribution in [1.29, 1.82) is 0 Å². The van der Waals surface area contributed by atoms with E-state index in [-0.39, 0.29) is 22.4 Å². The maximum absolute atomic E-state index is 15.3. The lowest BCUT2D eigenvalue weighted by atomic mass is 10.2. The van der Waals surface area contributed by atoms with Gasteiger partial charge in [0.25, 0.3) is 10.0 Å². The van der Waals surface area contributed by atoms with Gasteiger partial charge in [-0.15, -0.1) is 11.3 Å². The van der Waals surface area contributed by atoms with Crippen molar-refractivity contribution in [3.63, 3.8) is 0 Å². The highest BCUT2D eigenvalue weighted by molar-refractivity contribution is 7.93. The molecule has 0 spiro atoms. The molecule has 1 aromatic heterocycles. The fraction of sp³-hybridized carbons (Fsp3) is 0.240. The Morgan fingerprint density at radius 1 is 1.22 bits per heavy atom. The first-order valence-electron chi connectivity index (χ1n) is 10.9. The number of aromatic nitrogens is 1. The van der Waals surface area contributed by atoms with Crippen LogP contribution in [0, 0.1) is 5.82 Å². The van der Waals surface area contributed by atoms with E-state index in [1.165, 1.54) is 26.5 Å². The molecule has 0 bridgehead atoms. The van der Waals surface area contributed by atoms with E-state index in [9.17, 15) is 8.42 Å². The first kappa shape index (κ1) is 27.5. The van der Waals surface area contributed by atoms with E-state index in [0.717, 1.165) is 40.6 Å². The third-order valence-corrected chi connectivity index (χ3v) is 8.01. The minimum atomic E-state index is -4.44. The number of methoxy groups -OCH3 is 2. The molecule has 0 unspecified atom stereocenters. The van der Waals surface area contributed by atoms with Crippen LogP contribution in [0.25, 0.3) is 0 Å². The summed E-state index contributed by atoms with van der Waals surface area (Å²) in [5, 5.41) is 1.71. The molecule has 36 heavy (non-hydrogen) atoms. The van der Waals surface area contributed by atoms with Crippen molar-refractivity contribution in [1.82, 2.24) is 4.98 Å². The van der Waals surface area contributed by atoms with Gasteiger partial charge in [-0.1, -0.05) is 31.5 Å². The van der Waals surface area contributed by atoms with Gasteiger partial charge in [-0.2, -0.15) is 0 Å². The molecule has 0 saturated carbocycles. The quantitative estimate of drug-likeness (QED) is 0.186. The topological polar surface area (TPSA) is 78.0 Å². The zero-order valence-electron chi connectivity index (χ0n) is 20.0. The second-order valence-electron chi connectivity index (χ2n) is 7.42. The third kappa shape index (κ3) is 6.18. The fourth-order valence-corrected chi connectivity index (χ4v) is 5.83. The van der Waals surface area contributed by atoms with Crippen molar-refractivity contribution < 1.29 is 27.0 Å². The van der Waals surface area contributed by atoms with Crippen LogP contribution in [-0.2, 0) is 16.6 Å². The number of hydrogen-bond acceptors (Lipinski definition) is 7. The van der Waals surface area contributed by atoms with E-state index in [1.54, 1.807) is 29.7 Å². The molecule has 0 radical (unpaired) electrons. The summed E-state index contributed by atoms with van der Waals surface area (Å²) < 4.78 is 60.0. The van der Waals surface area contributed by atoms with Crippen LogP contribution in [0.2, 0.25) is 5.02 Å². The number of rotatable bonds is 12. The standard InChI is InChI=1S/C25H26ClFN2O5S2/c1-5-7-8-18(6-2)34-23-15-21(27)24(14-20(23)26)36(30,31)29(25-28-11-12-35-25)16-17-9-10-19(32-3)13-22(17)33-4/h6,8-15H,2,5,7,16H2,1,3-4H3/b18-8-. The predicted octanol–water partition coefficient (Wildman–Crippen LogP) is 6.60. The summed E-state index contributed by atoms with van der Waals surface area (Å²) in [6.07, 6.45) is 6.34. The van der Waals surface area contributed by atoms with Gasteiger partial charge in [-0.3, -0.25) is 0 Å². The molecule has 0 fully saturated rings. The van der Waals surface area contributed by atoms with Crippen LogP contribution in [-0.4, -0.2) is 27.6 Å². The monoisotopic (exact) mass is 552 g/mol. The average Bonchev–Trinajstić information content (AvgIpc) is 3.40. The largest absolute Gasteiger partial charge is 0.497 e. The normalized spacial score (nSPS) is 11.8. The summed E-state index contributed by atoms with van der Waals surface area (Å²) >= 11 is 7.43. The molecule has 0 N–H and O–H groups in total. The number of allylic oxidation sites excluding steroid dienone is 2. The lowest BCUT2D eigenvalue weighted by Gasteiger charge is -2.23. The Hall–Kier alpha value is -3.08. The maximum Gasteiger partial charge on any atom is 0.269 e. The SMILES string of the molecule is C=C/C(=C/CCC)Oc1cc(F)c(S(=O)(=O)N(Cc2ccc(OC)cc2OC)c2nccs2)cc1Cl. The molecule has 3 rings (SSSR count). The summed E-state index contributed by atoms with van der Waals surface area (Å²) in [7, 11) is -1.46. The summed E-state index contributed by atoms with van der Waals surface area (Å²) in [5.41, 5.74) is 0.528. The second-order valence-corrected chi connectivity index (χ2v) is 10.5. The highest BCUT2D eigenvalue weighted by atomic mass is 35.5. The second kappa shape index (κ2) is 12.2. The van der Waals surface area contributed by atoms with Gasteiger partial charge < -0.3 is 14.2 Å². The minimum Gasteiger partial charge on any atom is -0.497 e. The molecule has 192 valence electrons. The number of nitrogens with zero attached hydrogens (tertiary/aromatic N) is 2. The zero-order valence-corrected chi connectivity index (χ0v) is 22.4. The number of thiazole rings is 1. The van der Waals surface area contributed by atoms with Gasteiger partial charge in [0, 0.05) is 29.3 Å². The molecule has 0 amide bonds. The Kier molecular flexibility index (Phi) is 9.36. The van der Waals surface area contributed by atoms with Crippen LogP contribution in [0.15, 0.2) is 71.3 Å². The fourth-order valence-electron chi connectivity index (χ4n) is 3.22. The smallest absolute Gasteiger partial charge is 0.269 e. The molecule has 0 aliphatic rings. The van der Waals surface area contributed by atoms with Crippen molar-refractivity contribution in [2.45, 2.75) is 31.2 Å². The Morgan fingerprint density at radius 2 is 2.00 bits per heavy atom. The first-order chi connectivity index (χ1) is 17.2. The molecule has 1 heterocycles. The van der Waals surface area contributed by atoms with Crippen molar-refractivity contribution in [2.24, 2.45) is 0 Å². The van der Waals surface area contributed by atoms with E-state index in [2.05, 4.69) is 11.6 Å².